The number of benzene rings is 1. The first-order chi connectivity index (χ1) is 8.76. The molecule has 1 aromatic carbocycles. The molecule has 1 unspecified atom stereocenters. The predicted molar refractivity (Wildman–Crippen MR) is 75.4 cm³/mol. The van der Waals surface area contributed by atoms with Crippen LogP contribution in [-0.2, 0) is 0 Å². The molecular formula is C14H18N2OS. The molecule has 0 aliphatic rings. The fourth-order valence-electron chi connectivity index (χ4n) is 2.02. The van der Waals surface area contributed by atoms with Crippen molar-refractivity contribution in [2.45, 2.75) is 19.9 Å². The van der Waals surface area contributed by atoms with E-state index in [1.807, 2.05) is 17.8 Å². The maximum atomic E-state index is 5.47. The largest absolute Gasteiger partial charge is 0.496 e. The fraction of sp³-hybridized carbons (Fsp3) is 0.357. The van der Waals surface area contributed by atoms with E-state index in [0.29, 0.717) is 0 Å². The van der Waals surface area contributed by atoms with Crippen LogP contribution < -0.4 is 10.1 Å². The third-order valence-corrected chi connectivity index (χ3v) is 3.68. The van der Waals surface area contributed by atoms with E-state index in [1.54, 1.807) is 18.4 Å². The van der Waals surface area contributed by atoms with Gasteiger partial charge < -0.3 is 10.1 Å². The number of ether oxygens (including phenoxy) is 1. The average molecular weight is 262 g/mol. The van der Waals surface area contributed by atoms with Gasteiger partial charge >= 0.3 is 0 Å². The van der Waals surface area contributed by atoms with E-state index in [2.05, 4.69) is 36.3 Å². The second kappa shape index (κ2) is 5.98. The Bertz CT molecular complexity index is 497. The molecule has 96 valence electrons. The van der Waals surface area contributed by atoms with Gasteiger partial charge in [0.2, 0.25) is 0 Å². The molecule has 0 aliphatic heterocycles. The summed E-state index contributed by atoms with van der Waals surface area (Å²) < 4.78 is 5.47. The van der Waals surface area contributed by atoms with Crippen molar-refractivity contribution in [2.75, 3.05) is 13.7 Å². The number of thiazole rings is 1. The van der Waals surface area contributed by atoms with Crippen molar-refractivity contribution in [1.29, 1.82) is 0 Å². The Balaban J connectivity index is 2.45. The summed E-state index contributed by atoms with van der Waals surface area (Å²) in [5, 5.41) is 3.49. The molecule has 0 bridgehead atoms. The monoisotopic (exact) mass is 262 g/mol. The van der Waals surface area contributed by atoms with Gasteiger partial charge in [0.15, 0.2) is 0 Å². The Hall–Kier alpha value is -1.39. The Labute approximate surface area is 112 Å². The molecular weight excluding hydrogens is 244 g/mol. The van der Waals surface area contributed by atoms with Crippen molar-refractivity contribution in [1.82, 2.24) is 10.3 Å². The van der Waals surface area contributed by atoms with Crippen molar-refractivity contribution < 1.29 is 4.74 Å². The average Bonchev–Trinajstić information content (AvgIpc) is 2.89. The van der Waals surface area contributed by atoms with Crippen molar-refractivity contribution in [3.8, 4) is 5.75 Å². The molecule has 2 aromatic rings. The van der Waals surface area contributed by atoms with Crippen LogP contribution in [0.2, 0.25) is 0 Å². The molecule has 0 saturated carbocycles. The van der Waals surface area contributed by atoms with Crippen LogP contribution in [0.25, 0.3) is 0 Å². The molecule has 2 rings (SSSR count). The highest BCUT2D eigenvalue weighted by atomic mass is 32.1. The van der Waals surface area contributed by atoms with Gasteiger partial charge in [0.05, 0.1) is 18.7 Å². The van der Waals surface area contributed by atoms with Crippen LogP contribution in [0.4, 0.5) is 0 Å². The van der Waals surface area contributed by atoms with Crippen molar-refractivity contribution in [3.05, 3.63) is 45.9 Å². The highest BCUT2D eigenvalue weighted by Gasteiger charge is 2.18. The first kappa shape index (κ1) is 13.1. The van der Waals surface area contributed by atoms with Crippen LogP contribution in [0, 0.1) is 6.92 Å². The molecule has 1 aromatic heterocycles. The summed E-state index contributed by atoms with van der Waals surface area (Å²) in [4.78, 5) is 5.38. The summed E-state index contributed by atoms with van der Waals surface area (Å²) in [6.45, 7) is 5.11. The molecule has 0 aliphatic carbocycles. The standard InChI is InChI=1S/C14H18N2OS/c1-4-16-14(13-8-15-9-18-13)11-7-10(2)5-6-12(11)17-3/h5-9,14,16H,4H2,1-3H3. The van der Waals surface area contributed by atoms with E-state index < -0.39 is 0 Å². The van der Waals surface area contributed by atoms with Crippen molar-refractivity contribution in [2.24, 2.45) is 0 Å². The lowest BCUT2D eigenvalue weighted by Crippen LogP contribution is -2.21. The van der Waals surface area contributed by atoms with Crippen LogP contribution in [0.5, 0.6) is 5.75 Å². The molecule has 18 heavy (non-hydrogen) atoms. The van der Waals surface area contributed by atoms with Gasteiger partial charge in [-0.25, -0.2) is 0 Å². The van der Waals surface area contributed by atoms with E-state index in [-0.39, 0.29) is 6.04 Å². The number of hydrogen-bond acceptors (Lipinski definition) is 4. The molecule has 0 amide bonds. The van der Waals surface area contributed by atoms with Gasteiger partial charge in [0.1, 0.15) is 5.75 Å². The quantitative estimate of drug-likeness (QED) is 0.898. The molecule has 1 N–H and O–H groups in total. The third kappa shape index (κ3) is 2.71. The molecule has 0 fully saturated rings. The van der Waals surface area contributed by atoms with E-state index in [1.165, 1.54) is 16.0 Å². The zero-order valence-corrected chi connectivity index (χ0v) is 11.8. The van der Waals surface area contributed by atoms with Gasteiger partial charge in [-0.05, 0) is 19.5 Å². The molecule has 1 heterocycles. The van der Waals surface area contributed by atoms with Gasteiger partial charge in [0.25, 0.3) is 0 Å². The van der Waals surface area contributed by atoms with E-state index >= 15 is 0 Å². The lowest BCUT2D eigenvalue weighted by atomic mass is 10.0. The summed E-state index contributed by atoms with van der Waals surface area (Å²) >= 11 is 1.66. The Morgan fingerprint density at radius 3 is 2.89 bits per heavy atom. The summed E-state index contributed by atoms with van der Waals surface area (Å²) in [6, 6.07) is 6.41. The van der Waals surface area contributed by atoms with Gasteiger partial charge in [-0.15, -0.1) is 11.3 Å². The van der Waals surface area contributed by atoms with Gasteiger partial charge in [-0.3, -0.25) is 4.98 Å². The summed E-state index contributed by atoms with van der Waals surface area (Å²) in [5.74, 6) is 0.917. The minimum absolute atomic E-state index is 0.150. The second-order valence-corrected chi connectivity index (χ2v) is 5.06. The van der Waals surface area contributed by atoms with Crippen molar-refractivity contribution >= 4 is 11.3 Å². The lowest BCUT2D eigenvalue weighted by Gasteiger charge is -2.19. The van der Waals surface area contributed by atoms with Crippen LogP contribution in [-0.4, -0.2) is 18.6 Å². The molecule has 0 saturated heterocycles. The highest BCUT2D eigenvalue weighted by molar-refractivity contribution is 7.09. The third-order valence-electron chi connectivity index (χ3n) is 2.84. The van der Waals surface area contributed by atoms with Crippen LogP contribution >= 0.6 is 11.3 Å². The van der Waals surface area contributed by atoms with E-state index in [4.69, 9.17) is 4.74 Å². The number of nitrogens with zero attached hydrogens (tertiary/aromatic N) is 1. The number of nitrogens with one attached hydrogen (secondary N) is 1. The second-order valence-electron chi connectivity index (χ2n) is 4.14. The minimum Gasteiger partial charge on any atom is -0.496 e. The summed E-state index contributed by atoms with van der Waals surface area (Å²) in [5.41, 5.74) is 4.27. The lowest BCUT2D eigenvalue weighted by molar-refractivity contribution is 0.404. The molecule has 0 spiro atoms. The summed E-state index contributed by atoms with van der Waals surface area (Å²) in [7, 11) is 1.71. The van der Waals surface area contributed by atoms with Gasteiger partial charge in [-0.1, -0.05) is 24.6 Å². The van der Waals surface area contributed by atoms with E-state index in [9.17, 15) is 0 Å². The first-order valence-electron chi connectivity index (χ1n) is 6.02. The van der Waals surface area contributed by atoms with E-state index in [0.717, 1.165) is 12.3 Å². The maximum Gasteiger partial charge on any atom is 0.124 e. The molecule has 0 radical (unpaired) electrons. The first-order valence-corrected chi connectivity index (χ1v) is 6.90. The van der Waals surface area contributed by atoms with Crippen LogP contribution in [0.3, 0.4) is 0 Å². The fourth-order valence-corrected chi connectivity index (χ4v) is 2.73. The number of methoxy groups -OCH3 is 1. The van der Waals surface area contributed by atoms with Crippen LogP contribution in [0.15, 0.2) is 29.9 Å². The topological polar surface area (TPSA) is 34.2 Å². The molecule has 1 atom stereocenters. The number of hydrogen-bond donors (Lipinski definition) is 1. The minimum atomic E-state index is 0.150. The van der Waals surface area contributed by atoms with Gasteiger partial charge in [0, 0.05) is 16.6 Å². The Morgan fingerprint density at radius 2 is 2.28 bits per heavy atom. The molecule has 3 nitrogen and oxygen atoms in total. The Kier molecular flexibility index (Phi) is 4.33. The number of aromatic nitrogens is 1. The normalized spacial score (nSPS) is 12.4. The zero-order valence-electron chi connectivity index (χ0n) is 10.9. The van der Waals surface area contributed by atoms with Crippen LogP contribution in [0.1, 0.15) is 29.0 Å². The predicted octanol–water partition coefficient (Wildman–Crippen LogP) is 3.16. The zero-order chi connectivity index (χ0) is 13.0. The highest BCUT2D eigenvalue weighted by Crippen LogP contribution is 2.32. The molecule has 4 heteroatoms. The summed E-state index contributed by atoms with van der Waals surface area (Å²) in [6.07, 6.45) is 1.92. The Morgan fingerprint density at radius 1 is 1.44 bits per heavy atom. The number of aryl methyl sites for hydroxylation is 1. The van der Waals surface area contributed by atoms with Crippen molar-refractivity contribution in [3.63, 3.8) is 0 Å². The SMILES string of the molecule is CCNC(c1cncs1)c1cc(C)ccc1OC. The maximum absolute atomic E-state index is 5.47. The smallest absolute Gasteiger partial charge is 0.124 e. The number of rotatable bonds is 5. The van der Waals surface area contributed by atoms with Gasteiger partial charge in [-0.2, -0.15) is 0 Å².